The fraction of sp³-hybridized carbons (Fsp3) is 0.929. The summed E-state index contributed by atoms with van der Waals surface area (Å²) in [5.74, 6) is -0.693. The predicted octanol–water partition coefficient (Wildman–Crippen LogP) is 2.38. The van der Waals surface area contributed by atoms with Gasteiger partial charge in [0.1, 0.15) is 0 Å². The summed E-state index contributed by atoms with van der Waals surface area (Å²) in [6.45, 7) is 12.3. The molecule has 1 aliphatic heterocycles. The van der Waals surface area contributed by atoms with Crippen LogP contribution in [0.4, 0.5) is 0 Å². The van der Waals surface area contributed by atoms with Crippen LogP contribution >= 0.6 is 0 Å². The molecule has 0 spiro atoms. The minimum Gasteiger partial charge on any atom is -0.481 e. The molecule has 1 saturated heterocycles. The van der Waals surface area contributed by atoms with E-state index in [0.717, 1.165) is 19.5 Å². The van der Waals surface area contributed by atoms with Gasteiger partial charge in [0.15, 0.2) is 0 Å². The number of ether oxygens (including phenoxy) is 1. The second kappa shape index (κ2) is 5.57. The van der Waals surface area contributed by atoms with Crippen molar-refractivity contribution in [3.8, 4) is 0 Å². The van der Waals surface area contributed by atoms with Crippen LogP contribution in [0.25, 0.3) is 0 Å². The molecule has 0 aliphatic carbocycles. The van der Waals surface area contributed by atoms with E-state index in [0.29, 0.717) is 13.0 Å². The van der Waals surface area contributed by atoms with E-state index in [1.54, 1.807) is 0 Å². The molecule has 18 heavy (non-hydrogen) atoms. The lowest BCUT2D eigenvalue weighted by atomic mass is 9.84. The van der Waals surface area contributed by atoms with E-state index >= 15 is 0 Å². The first kappa shape index (κ1) is 15.4. The normalized spacial score (nSPS) is 27.7. The highest BCUT2D eigenvalue weighted by Crippen LogP contribution is 2.28. The number of hydrogen-bond donors (Lipinski definition) is 1. The zero-order valence-electron chi connectivity index (χ0n) is 12.3. The number of nitrogens with zero attached hydrogens (tertiary/aromatic N) is 1. The Hall–Kier alpha value is -0.610. The molecule has 0 aromatic carbocycles. The minimum atomic E-state index is -0.693. The molecule has 106 valence electrons. The minimum absolute atomic E-state index is 0.161. The molecule has 1 N–H and O–H groups in total. The van der Waals surface area contributed by atoms with Crippen LogP contribution in [-0.2, 0) is 9.53 Å². The van der Waals surface area contributed by atoms with Crippen LogP contribution < -0.4 is 0 Å². The number of aliphatic carboxylic acids is 1. The van der Waals surface area contributed by atoms with Gasteiger partial charge in [0.25, 0.3) is 0 Å². The van der Waals surface area contributed by atoms with Crippen LogP contribution in [0, 0.1) is 5.41 Å². The molecule has 0 aromatic heterocycles. The number of hydrogen-bond acceptors (Lipinski definition) is 3. The Kier molecular flexibility index (Phi) is 4.78. The van der Waals surface area contributed by atoms with Gasteiger partial charge in [-0.15, -0.1) is 0 Å². The van der Waals surface area contributed by atoms with Crippen molar-refractivity contribution in [2.24, 2.45) is 5.41 Å². The van der Waals surface area contributed by atoms with Crippen LogP contribution in [0.5, 0.6) is 0 Å². The molecule has 0 aromatic rings. The molecule has 0 amide bonds. The summed E-state index contributed by atoms with van der Waals surface area (Å²) in [5.41, 5.74) is -0.842. The van der Waals surface area contributed by atoms with Gasteiger partial charge in [-0.1, -0.05) is 13.3 Å². The second-order valence-electron chi connectivity index (χ2n) is 6.47. The van der Waals surface area contributed by atoms with Crippen molar-refractivity contribution in [1.82, 2.24) is 4.90 Å². The zero-order chi connectivity index (χ0) is 14.0. The van der Waals surface area contributed by atoms with Crippen LogP contribution in [0.15, 0.2) is 0 Å². The van der Waals surface area contributed by atoms with Gasteiger partial charge < -0.3 is 9.84 Å². The van der Waals surface area contributed by atoms with E-state index in [-0.39, 0.29) is 11.7 Å². The van der Waals surface area contributed by atoms with Gasteiger partial charge in [-0.25, -0.2) is 0 Å². The van der Waals surface area contributed by atoms with Gasteiger partial charge in [0, 0.05) is 19.6 Å². The summed E-state index contributed by atoms with van der Waals surface area (Å²) in [6.07, 6.45) is 1.77. The molecular weight excluding hydrogens is 230 g/mol. The smallest absolute Gasteiger partial charge is 0.310 e. The number of morpholine rings is 1. The highest BCUT2D eigenvalue weighted by Gasteiger charge is 2.38. The lowest BCUT2D eigenvalue weighted by molar-refractivity contribution is -0.157. The highest BCUT2D eigenvalue weighted by atomic mass is 16.5. The second-order valence-corrected chi connectivity index (χ2v) is 6.47. The summed E-state index contributed by atoms with van der Waals surface area (Å²) in [7, 11) is 0. The monoisotopic (exact) mass is 257 g/mol. The van der Waals surface area contributed by atoms with Gasteiger partial charge in [0.05, 0.1) is 17.1 Å². The molecule has 0 radical (unpaired) electrons. The first-order valence-electron chi connectivity index (χ1n) is 6.82. The quantitative estimate of drug-likeness (QED) is 0.821. The molecule has 0 saturated carbocycles. The van der Waals surface area contributed by atoms with Crippen molar-refractivity contribution in [2.75, 3.05) is 19.6 Å². The Balaban J connectivity index is 2.72. The Labute approximate surface area is 110 Å². The Morgan fingerprint density at radius 3 is 2.61 bits per heavy atom. The van der Waals surface area contributed by atoms with Gasteiger partial charge in [-0.3, -0.25) is 9.69 Å². The topological polar surface area (TPSA) is 49.8 Å². The Bertz CT molecular complexity index is 303. The first-order chi connectivity index (χ1) is 8.18. The van der Waals surface area contributed by atoms with Crippen molar-refractivity contribution < 1.29 is 14.6 Å². The molecule has 1 aliphatic rings. The third-order valence-electron chi connectivity index (χ3n) is 3.53. The number of carbonyl (C=O) groups is 1. The molecule has 4 nitrogen and oxygen atoms in total. The van der Waals surface area contributed by atoms with E-state index in [1.165, 1.54) is 0 Å². The maximum absolute atomic E-state index is 11.5. The number of carboxylic acid groups (broad SMARTS) is 1. The maximum Gasteiger partial charge on any atom is 0.310 e. The lowest BCUT2D eigenvalue weighted by Gasteiger charge is -2.44. The van der Waals surface area contributed by atoms with Gasteiger partial charge in [0.2, 0.25) is 0 Å². The average molecular weight is 257 g/mol. The molecule has 2 unspecified atom stereocenters. The standard InChI is InChI=1S/C14H27NO3/c1-6-7-14(5,12(16)17)10-15-8-11(2)18-13(3,4)9-15/h11H,6-10H2,1-5H3,(H,16,17). The SMILES string of the molecule is CCCC(C)(CN1CC(C)OC(C)(C)C1)C(=O)O. The highest BCUT2D eigenvalue weighted by molar-refractivity contribution is 5.74. The molecular formula is C14H27NO3. The van der Waals surface area contributed by atoms with Crippen molar-refractivity contribution in [1.29, 1.82) is 0 Å². The summed E-state index contributed by atoms with van der Waals surface area (Å²) in [6, 6.07) is 0. The molecule has 0 bridgehead atoms. The van der Waals surface area contributed by atoms with E-state index in [1.807, 2.05) is 20.8 Å². The number of carboxylic acids is 1. The lowest BCUT2D eigenvalue weighted by Crippen LogP contribution is -2.55. The summed E-state index contributed by atoms with van der Waals surface area (Å²) in [5, 5.41) is 9.43. The summed E-state index contributed by atoms with van der Waals surface area (Å²) < 4.78 is 5.85. The average Bonchev–Trinajstić information content (AvgIpc) is 2.13. The van der Waals surface area contributed by atoms with E-state index < -0.39 is 11.4 Å². The van der Waals surface area contributed by atoms with Crippen molar-refractivity contribution in [3.63, 3.8) is 0 Å². The molecule has 2 atom stereocenters. The van der Waals surface area contributed by atoms with E-state index in [2.05, 4.69) is 18.7 Å². The van der Waals surface area contributed by atoms with Crippen molar-refractivity contribution in [2.45, 2.75) is 59.2 Å². The number of rotatable bonds is 5. The van der Waals surface area contributed by atoms with Crippen LogP contribution in [0.3, 0.4) is 0 Å². The van der Waals surface area contributed by atoms with Crippen molar-refractivity contribution in [3.05, 3.63) is 0 Å². The molecule has 1 rings (SSSR count). The van der Waals surface area contributed by atoms with E-state index in [9.17, 15) is 9.90 Å². The predicted molar refractivity (Wildman–Crippen MR) is 71.7 cm³/mol. The van der Waals surface area contributed by atoms with Crippen LogP contribution in [0.1, 0.15) is 47.5 Å². The largest absolute Gasteiger partial charge is 0.481 e. The summed E-state index contributed by atoms with van der Waals surface area (Å²) in [4.78, 5) is 13.7. The first-order valence-corrected chi connectivity index (χ1v) is 6.82. The molecule has 1 heterocycles. The van der Waals surface area contributed by atoms with Crippen molar-refractivity contribution >= 4 is 5.97 Å². The van der Waals surface area contributed by atoms with Gasteiger partial charge >= 0.3 is 5.97 Å². The third-order valence-corrected chi connectivity index (χ3v) is 3.53. The van der Waals surface area contributed by atoms with Gasteiger partial charge in [-0.2, -0.15) is 0 Å². The summed E-state index contributed by atoms with van der Waals surface area (Å²) >= 11 is 0. The van der Waals surface area contributed by atoms with Gasteiger partial charge in [-0.05, 0) is 34.1 Å². The van der Waals surface area contributed by atoms with Crippen LogP contribution in [-0.4, -0.2) is 47.3 Å². The maximum atomic E-state index is 11.5. The Morgan fingerprint density at radius 2 is 2.17 bits per heavy atom. The fourth-order valence-electron chi connectivity index (χ4n) is 3.01. The molecule has 1 fully saturated rings. The fourth-order valence-corrected chi connectivity index (χ4v) is 3.01. The third kappa shape index (κ3) is 3.95. The zero-order valence-corrected chi connectivity index (χ0v) is 12.3. The van der Waals surface area contributed by atoms with Crippen LogP contribution in [0.2, 0.25) is 0 Å². The molecule has 4 heteroatoms. The van der Waals surface area contributed by atoms with E-state index in [4.69, 9.17) is 4.74 Å². The Morgan fingerprint density at radius 1 is 1.56 bits per heavy atom.